The van der Waals surface area contributed by atoms with E-state index in [4.69, 9.17) is 11.6 Å². The second-order valence-corrected chi connectivity index (χ2v) is 5.95. The fourth-order valence-electron chi connectivity index (χ4n) is 2.83. The largest absolute Gasteiger partial charge is 0.358 e. The molecule has 0 spiro atoms. The number of nitrogens with one attached hydrogen (secondary N) is 2. The van der Waals surface area contributed by atoms with E-state index < -0.39 is 0 Å². The van der Waals surface area contributed by atoms with Crippen LogP contribution in [0.25, 0.3) is 22.5 Å². The van der Waals surface area contributed by atoms with Crippen molar-refractivity contribution in [3.8, 4) is 22.5 Å². The maximum Gasteiger partial charge on any atom is 0.253 e. The van der Waals surface area contributed by atoms with Gasteiger partial charge < -0.3 is 10.3 Å². The van der Waals surface area contributed by atoms with E-state index in [0.29, 0.717) is 11.6 Å². The Labute approximate surface area is 145 Å². The van der Waals surface area contributed by atoms with Gasteiger partial charge in [0.25, 0.3) is 5.91 Å². The van der Waals surface area contributed by atoms with Crippen LogP contribution in [-0.4, -0.2) is 22.4 Å². The van der Waals surface area contributed by atoms with Crippen molar-refractivity contribution in [2.45, 2.75) is 13.8 Å². The van der Waals surface area contributed by atoms with Crippen molar-refractivity contribution in [1.29, 1.82) is 0 Å². The first-order valence-corrected chi connectivity index (χ1v) is 7.81. The molecule has 2 N–H and O–H groups in total. The van der Waals surface area contributed by atoms with Gasteiger partial charge in [-0.15, -0.1) is 0 Å². The highest BCUT2D eigenvalue weighted by Gasteiger charge is 2.20. The van der Waals surface area contributed by atoms with Crippen LogP contribution in [0.3, 0.4) is 0 Å². The minimum atomic E-state index is -0.0132. The highest BCUT2D eigenvalue weighted by Crippen LogP contribution is 2.27. The molecule has 0 atom stereocenters. The number of benzene rings is 1. The molecule has 4 nitrogen and oxygen atoms in total. The van der Waals surface area contributed by atoms with Crippen LogP contribution in [0.2, 0.25) is 5.02 Å². The molecule has 1 aliphatic rings. The van der Waals surface area contributed by atoms with Gasteiger partial charge in [-0.25, -0.2) is 0 Å². The van der Waals surface area contributed by atoms with Gasteiger partial charge in [0.05, 0.1) is 11.3 Å². The quantitative estimate of drug-likeness (QED) is 0.730. The number of carbonyl (C=O) groups excluding carboxylic acids is 1. The monoisotopic (exact) mass is 339 g/mol. The maximum absolute atomic E-state index is 11.9. The number of aromatic amines is 1. The molecule has 3 aromatic rings. The Hall–Kier alpha value is -2.59. The Morgan fingerprint density at radius 2 is 1.83 bits per heavy atom. The Morgan fingerprint density at radius 3 is 2.58 bits per heavy atom. The first-order valence-electron chi connectivity index (χ1n) is 7.43. The number of halogens is 1. The first-order chi connectivity index (χ1) is 11.2. The van der Waals surface area contributed by atoms with Crippen molar-refractivity contribution >= 4 is 17.5 Å². The van der Waals surface area contributed by atoms with E-state index in [1.807, 2.05) is 42.5 Å². The number of rotatable bonds is 2. The Balaban J connectivity index is 0.00000169. The molecule has 0 unspecified atom stereocenters. The molecule has 2 aromatic heterocycles. The van der Waals surface area contributed by atoms with Crippen molar-refractivity contribution in [2.24, 2.45) is 0 Å². The number of hydrogen-bond acceptors (Lipinski definition) is 2. The van der Waals surface area contributed by atoms with Gasteiger partial charge in [0.15, 0.2) is 0 Å². The van der Waals surface area contributed by atoms with E-state index in [0.717, 1.165) is 40.2 Å². The summed E-state index contributed by atoms with van der Waals surface area (Å²) in [6.07, 6.45) is 2.61. The lowest BCUT2D eigenvalue weighted by Gasteiger charge is -2.10. The normalized spacial score (nSPS) is 13.0. The first kappa shape index (κ1) is 16.3. The SMILES string of the molecule is C.O=C1NCCc2[nH]c(-c3ccnc(-c4ccc(Cl)cc4)c3)cc21. The van der Waals surface area contributed by atoms with Crippen LogP contribution in [0.5, 0.6) is 0 Å². The fraction of sp³-hybridized carbons (Fsp3) is 0.158. The Morgan fingerprint density at radius 1 is 1.04 bits per heavy atom. The third-order valence-electron chi connectivity index (χ3n) is 4.02. The fourth-order valence-corrected chi connectivity index (χ4v) is 2.95. The van der Waals surface area contributed by atoms with E-state index in [1.165, 1.54) is 0 Å². The van der Waals surface area contributed by atoms with Gasteiger partial charge in [-0.05, 0) is 30.3 Å². The number of pyridine rings is 1. The average molecular weight is 340 g/mol. The molecule has 0 radical (unpaired) electrons. The smallest absolute Gasteiger partial charge is 0.253 e. The second kappa shape index (κ2) is 6.49. The topological polar surface area (TPSA) is 57.8 Å². The average Bonchev–Trinajstić information content (AvgIpc) is 3.01. The third-order valence-corrected chi connectivity index (χ3v) is 4.27. The van der Waals surface area contributed by atoms with E-state index in [9.17, 15) is 4.79 Å². The Bertz CT molecular complexity index is 884. The predicted octanol–water partition coefficient (Wildman–Crippen LogP) is 4.32. The highest BCUT2D eigenvalue weighted by molar-refractivity contribution is 6.30. The summed E-state index contributed by atoms with van der Waals surface area (Å²) in [7, 11) is 0. The predicted molar refractivity (Wildman–Crippen MR) is 97.2 cm³/mol. The summed E-state index contributed by atoms with van der Waals surface area (Å²) in [5.74, 6) is -0.0132. The molecule has 5 heteroatoms. The minimum Gasteiger partial charge on any atom is -0.358 e. The molecule has 4 rings (SSSR count). The zero-order valence-corrected chi connectivity index (χ0v) is 13.0. The van der Waals surface area contributed by atoms with Crippen LogP contribution in [0, 0.1) is 0 Å². The number of amides is 1. The van der Waals surface area contributed by atoms with Crippen LogP contribution in [0.1, 0.15) is 23.5 Å². The molecular formula is C19H18ClN3O. The number of H-pyrrole nitrogens is 1. The van der Waals surface area contributed by atoms with Crippen LogP contribution < -0.4 is 5.32 Å². The lowest BCUT2D eigenvalue weighted by atomic mass is 10.1. The molecular weight excluding hydrogens is 322 g/mol. The maximum atomic E-state index is 11.9. The standard InChI is InChI=1S/C18H14ClN3O.CH4/c19-13-3-1-11(2-4-13)16-9-12(5-7-20-16)17-10-14-15(22-17)6-8-21-18(14)23;/h1-5,7,9-10,22H,6,8H2,(H,21,23);1H4. The molecule has 0 fully saturated rings. The molecule has 0 aliphatic carbocycles. The van der Waals surface area contributed by atoms with Gasteiger partial charge in [0.1, 0.15) is 0 Å². The zero-order valence-electron chi connectivity index (χ0n) is 12.3. The molecule has 122 valence electrons. The lowest BCUT2D eigenvalue weighted by molar-refractivity contribution is 0.0946. The Kier molecular flexibility index (Phi) is 4.40. The summed E-state index contributed by atoms with van der Waals surface area (Å²) in [6, 6.07) is 13.5. The van der Waals surface area contributed by atoms with Gasteiger partial charge in [-0.3, -0.25) is 9.78 Å². The van der Waals surface area contributed by atoms with Crippen LogP contribution in [0.15, 0.2) is 48.7 Å². The summed E-state index contributed by atoms with van der Waals surface area (Å²) >= 11 is 5.93. The van der Waals surface area contributed by atoms with E-state index in [-0.39, 0.29) is 13.3 Å². The number of aromatic nitrogens is 2. The molecule has 3 heterocycles. The van der Waals surface area contributed by atoms with Crippen molar-refractivity contribution in [3.63, 3.8) is 0 Å². The van der Waals surface area contributed by atoms with E-state index in [2.05, 4.69) is 15.3 Å². The summed E-state index contributed by atoms with van der Waals surface area (Å²) in [4.78, 5) is 19.7. The molecule has 0 saturated heterocycles. The van der Waals surface area contributed by atoms with Crippen molar-refractivity contribution in [1.82, 2.24) is 15.3 Å². The molecule has 0 bridgehead atoms. The molecule has 1 amide bonds. The number of hydrogen-bond donors (Lipinski definition) is 2. The van der Waals surface area contributed by atoms with E-state index >= 15 is 0 Å². The number of fused-ring (bicyclic) bond motifs is 1. The number of carbonyl (C=O) groups is 1. The highest BCUT2D eigenvalue weighted by atomic mass is 35.5. The van der Waals surface area contributed by atoms with Gasteiger partial charge in [-0.1, -0.05) is 31.2 Å². The molecule has 0 saturated carbocycles. The van der Waals surface area contributed by atoms with E-state index in [1.54, 1.807) is 6.20 Å². The van der Waals surface area contributed by atoms with Gasteiger partial charge in [-0.2, -0.15) is 0 Å². The van der Waals surface area contributed by atoms with Crippen molar-refractivity contribution in [3.05, 3.63) is 64.9 Å². The second-order valence-electron chi connectivity index (χ2n) is 5.52. The van der Waals surface area contributed by atoms with Crippen LogP contribution >= 0.6 is 11.6 Å². The summed E-state index contributed by atoms with van der Waals surface area (Å²) in [6.45, 7) is 0.679. The third kappa shape index (κ3) is 2.93. The van der Waals surface area contributed by atoms with Gasteiger partial charge in [0.2, 0.25) is 0 Å². The minimum absolute atomic E-state index is 0. The molecule has 1 aliphatic heterocycles. The lowest BCUT2D eigenvalue weighted by Crippen LogP contribution is -2.31. The summed E-state index contributed by atoms with van der Waals surface area (Å²) < 4.78 is 0. The zero-order chi connectivity index (χ0) is 15.8. The van der Waals surface area contributed by atoms with Crippen molar-refractivity contribution in [2.75, 3.05) is 6.54 Å². The summed E-state index contributed by atoms with van der Waals surface area (Å²) in [5, 5.41) is 3.56. The summed E-state index contributed by atoms with van der Waals surface area (Å²) in [5.41, 5.74) is 5.54. The van der Waals surface area contributed by atoms with Crippen molar-refractivity contribution < 1.29 is 4.79 Å². The number of nitrogens with zero attached hydrogens (tertiary/aromatic N) is 1. The van der Waals surface area contributed by atoms with Crippen LogP contribution in [0.4, 0.5) is 0 Å². The van der Waals surface area contributed by atoms with Gasteiger partial charge in [0, 0.05) is 46.7 Å². The van der Waals surface area contributed by atoms with Gasteiger partial charge >= 0.3 is 0 Å². The molecule has 1 aromatic carbocycles. The van der Waals surface area contributed by atoms with Crippen LogP contribution in [-0.2, 0) is 6.42 Å². The molecule has 24 heavy (non-hydrogen) atoms.